The van der Waals surface area contributed by atoms with E-state index in [1.54, 1.807) is 36.4 Å². The number of hydrogen-bond acceptors (Lipinski definition) is 4. The molecule has 0 bridgehead atoms. The van der Waals surface area contributed by atoms with E-state index in [0.717, 1.165) is 0 Å². The first-order chi connectivity index (χ1) is 13.9. The van der Waals surface area contributed by atoms with Crippen LogP contribution in [-0.4, -0.2) is 25.6 Å². The number of rotatable bonds is 11. The van der Waals surface area contributed by atoms with Gasteiger partial charge in [-0.3, -0.25) is 4.79 Å². The summed E-state index contributed by atoms with van der Waals surface area (Å²) in [5.41, 5.74) is 0.682. The lowest BCUT2D eigenvalue weighted by Crippen LogP contribution is -2.06. The van der Waals surface area contributed by atoms with E-state index in [-0.39, 0.29) is 16.9 Å². The van der Waals surface area contributed by atoms with E-state index in [1.165, 1.54) is 6.08 Å². The van der Waals surface area contributed by atoms with Crippen molar-refractivity contribution in [3.05, 3.63) is 62.6 Å². The maximum Gasteiger partial charge on any atom is 0.162 e. The highest BCUT2D eigenvalue weighted by atomic mass is 35.5. The van der Waals surface area contributed by atoms with E-state index in [1.807, 2.05) is 6.92 Å². The summed E-state index contributed by atoms with van der Waals surface area (Å²) in [5.74, 6) is 1.66. The van der Waals surface area contributed by atoms with Gasteiger partial charge in [-0.2, -0.15) is 0 Å². The van der Waals surface area contributed by atoms with Crippen molar-refractivity contribution in [3.63, 3.8) is 0 Å². The number of ketones is 1. The fourth-order valence-corrected chi connectivity index (χ4v) is 3.03. The van der Waals surface area contributed by atoms with Crippen LogP contribution < -0.4 is 14.2 Å². The van der Waals surface area contributed by atoms with Crippen molar-refractivity contribution in [1.82, 2.24) is 0 Å². The smallest absolute Gasteiger partial charge is 0.162 e. The van der Waals surface area contributed by atoms with Crippen molar-refractivity contribution in [2.75, 3.05) is 19.8 Å². The molecule has 0 aromatic heterocycles. The van der Waals surface area contributed by atoms with Crippen molar-refractivity contribution in [2.24, 2.45) is 0 Å². The van der Waals surface area contributed by atoms with E-state index in [9.17, 15) is 4.79 Å². The number of halogens is 4. The largest absolute Gasteiger partial charge is 0.493 e. The summed E-state index contributed by atoms with van der Waals surface area (Å²) < 4.78 is 16.9. The summed E-state index contributed by atoms with van der Waals surface area (Å²) in [7, 11) is 0. The van der Waals surface area contributed by atoms with E-state index < -0.39 is 0 Å². The number of Topliss-reactive ketones (excluding diaryl/α,β-unsaturated/α-hetero) is 1. The predicted molar refractivity (Wildman–Crippen MR) is 118 cm³/mol. The molecule has 29 heavy (non-hydrogen) atoms. The summed E-state index contributed by atoms with van der Waals surface area (Å²) in [5, 5.41) is 0.677. The van der Waals surface area contributed by atoms with Gasteiger partial charge in [-0.25, -0.2) is 0 Å². The lowest BCUT2D eigenvalue weighted by Gasteiger charge is -2.12. The Bertz CT molecular complexity index is 823. The van der Waals surface area contributed by atoms with Gasteiger partial charge >= 0.3 is 0 Å². The minimum atomic E-state index is 0.106. The summed E-state index contributed by atoms with van der Waals surface area (Å²) in [4.78, 5) is 11.6. The average molecular weight is 478 g/mol. The average Bonchev–Trinajstić information content (AvgIpc) is 2.69. The van der Waals surface area contributed by atoms with Crippen LogP contribution in [0.25, 0.3) is 0 Å². The van der Waals surface area contributed by atoms with Crippen molar-refractivity contribution in [2.45, 2.75) is 19.8 Å². The molecule has 0 atom stereocenters. The second-order valence-electron chi connectivity index (χ2n) is 5.87. The van der Waals surface area contributed by atoms with Gasteiger partial charge in [-0.1, -0.05) is 53.3 Å². The molecular formula is C21H20Cl4O4. The summed E-state index contributed by atoms with van der Waals surface area (Å²) in [6, 6.07) is 10.3. The van der Waals surface area contributed by atoms with Gasteiger partial charge < -0.3 is 14.2 Å². The molecule has 2 rings (SSSR count). The van der Waals surface area contributed by atoms with E-state index in [2.05, 4.69) is 0 Å². The first-order valence-corrected chi connectivity index (χ1v) is 10.4. The minimum Gasteiger partial charge on any atom is -0.493 e. The Morgan fingerprint density at radius 3 is 2.14 bits per heavy atom. The molecule has 2 aromatic carbocycles. The molecule has 0 aliphatic rings. The molecule has 0 unspecified atom stereocenters. The summed E-state index contributed by atoms with van der Waals surface area (Å²) in [6.45, 7) is 2.85. The molecule has 0 fully saturated rings. The monoisotopic (exact) mass is 476 g/mol. The Labute approximate surface area is 190 Å². The van der Waals surface area contributed by atoms with Gasteiger partial charge in [0.15, 0.2) is 11.5 Å². The van der Waals surface area contributed by atoms with Crippen molar-refractivity contribution in [3.8, 4) is 17.2 Å². The predicted octanol–water partition coefficient (Wildman–Crippen LogP) is 7.13. The molecule has 0 saturated carbocycles. The minimum absolute atomic E-state index is 0.106. The topological polar surface area (TPSA) is 44.8 Å². The van der Waals surface area contributed by atoms with Crippen molar-refractivity contribution >= 4 is 52.2 Å². The van der Waals surface area contributed by atoms with Gasteiger partial charge in [0.25, 0.3) is 0 Å². The van der Waals surface area contributed by atoms with Gasteiger partial charge in [-0.15, -0.1) is 0 Å². The van der Waals surface area contributed by atoms with Crippen LogP contribution in [0.4, 0.5) is 0 Å². The van der Waals surface area contributed by atoms with E-state index in [0.29, 0.717) is 58.9 Å². The van der Waals surface area contributed by atoms with Crippen LogP contribution in [0.1, 0.15) is 30.1 Å². The van der Waals surface area contributed by atoms with Crippen LogP contribution in [0, 0.1) is 0 Å². The summed E-state index contributed by atoms with van der Waals surface area (Å²) >= 11 is 23.5. The molecule has 0 aliphatic heterocycles. The number of carbonyl (C=O) groups is 1. The van der Waals surface area contributed by atoms with Gasteiger partial charge in [0.2, 0.25) is 0 Å². The quantitative estimate of drug-likeness (QED) is 0.255. The van der Waals surface area contributed by atoms with Crippen LogP contribution in [0.15, 0.2) is 47.0 Å². The molecular weight excluding hydrogens is 458 g/mol. The second kappa shape index (κ2) is 12.2. The molecule has 0 amide bonds. The molecule has 0 spiro atoms. The lowest BCUT2D eigenvalue weighted by atomic mass is 10.1. The number of carbonyl (C=O) groups excluding carboxylic acids is 1. The Hall–Kier alpha value is -1.59. The molecule has 0 radical (unpaired) electrons. The first-order valence-electron chi connectivity index (χ1n) is 8.92. The van der Waals surface area contributed by atoms with Crippen molar-refractivity contribution < 1.29 is 19.0 Å². The SMILES string of the molecule is CCC(=O)c1ccc(OCCCOc2c(Cl)cc(OCC=C(Cl)Cl)cc2Cl)cc1. The third-order valence-electron chi connectivity index (χ3n) is 3.76. The highest BCUT2D eigenvalue weighted by molar-refractivity contribution is 6.55. The summed E-state index contributed by atoms with van der Waals surface area (Å²) in [6.07, 6.45) is 2.61. The third kappa shape index (κ3) is 7.98. The molecule has 2 aromatic rings. The second-order valence-corrected chi connectivity index (χ2v) is 7.69. The van der Waals surface area contributed by atoms with Gasteiger partial charge in [0.1, 0.15) is 22.6 Å². The van der Waals surface area contributed by atoms with Gasteiger partial charge in [-0.05, 0) is 30.3 Å². The zero-order chi connectivity index (χ0) is 21.2. The fraction of sp³-hybridized carbons (Fsp3) is 0.286. The molecule has 0 aliphatic carbocycles. The van der Waals surface area contributed by atoms with Crippen LogP contribution in [-0.2, 0) is 0 Å². The zero-order valence-electron chi connectivity index (χ0n) is 15.7. The Morgan fingerprint density at radius 1 is 0.931 bits per heavy atom. The molecule has 0 N–H and O–H groups in total. The molecule has 156 valence electrons. The molecule has 4 nitrogen and oxygen atoms in total. The molecule has 0 saturated heterocycles. The van der Waals surface area contributed by atoms with E-state index in [4.69, 9.17) is 60.6 Å². The Kier molecular flexibility index (Phi) is 9.95. The Balaban J connectivity index is 1.78. The number of hydrogen-bond donors (Lipinski definition) is 0. The van der Waals surface area contributed by atoms with Gasteiger partial charge in [0.05, 0.1) is 23.3 Å². The normalized spacial score (nSPS) is 10.4. The maximum absolute atomic E-state index is 11.6. The highest BCUT2D eigenvalue weighted by Gasteiger charge is 2.11. The Morgan fingerprint density at radius 2 is 1.55 bits per heavy atom. The number of ether oxygens (including phenoxy) is 3. The maximum atomic E-state index is 11.6. The first kappa shape index (κ1) is 23.7. The van der Waals surface area contributed by atoms with Crippen LogP contribution in [0.3, 0.4) is 0 Å². The standard InChI is InChI=1S/C21H20Cl4O4/c1-2-19(26)14-4-6-15(7-5-14)27-9-3-10-29-21-17(22)12-16(13-18(21)23)28-11-8-20(24)25/h4-8,12-13H,2-3,9-11H2,1H3. The van der Waals surface area contributed by atoms with Crippen LogP contribution in [0.5, 0.6) is 17.2 Å². The zero-order valence-corrected chi connectivity index (χ0v) is 18.7. The lowest BCUT2D eigenvalue weighted by molar-refractivity contribution is 0.0988. The highest BCUT2D eigenvalue weighted by Crippen LogP contribution is 2.37. The fourth-order valence-electron chi connectivity index (χ4n) is 2.32. The molecule has 0 heterocycles. The van der Waals surface area contributed by atoms with Crippen molar-refractivity contribution in [1.29, 1.82) is 0 Å². The molecule has 8 heteroatoms. The van der Waals surface area contributed by atoms with Gasteiger partial charge in [0, 0.05) is 30.5 Å². The van der Waals surface area contributed by atoms with Crippen LogP contribution in [0.2, 0.25) is 10.0 Å². The van der Waals surface area contributed by atoms with E-state index >= 15 is 0 Å². The third-order valence-corrected chi connectivity index (χ3v) is 4.63. The number of benzene rings is 2. The van der Waals surface area contributed by atoms with Crippen LogP contribution >= 0.6 is 46.4 Å².